The number of rotatable bonds is 8. The average molecular weight is 454 g/mol. The number of carbonyl (C=O) groups is 1. The lowest BCUT2D eigenvalue weighted by molar-refractivity contribution is -0.0891. The Balaban J connectivity index is 1.50. The number of nitrogens with zero attached hydrogens (tertiary/aromatic N) is 1. The first-order chi connectivity index (χ1) is 14.4. The van der Waals surface area contributed by atoms with E-state index in [9.17, 15) is 18.3 Å². The molecule has 0 radical (unpaired) electrons. The zero-order valence-corrected chi connectivity index (χ0v) is 17.8. The molecular weight excluding hydrogens is 430 g/mol. The van der Waals surface area contributed by atoms with Crippen LogP contribution in [0.25, 0.3) is 0 Å². The predicted molar refractivity (Wildman–Crippen MR) is 112 cm³/mol. The predicted octanol–water partition coefficient (Wildman–Crippen LogP) is 1.74. The van der Waals surface area contributed by atoms with Crippen molar-refractivity contribution in [3.63, 3.8) is 0 Å². The number of nitrogens with one attached hydrogen (secondary N) is 2. The molecular formula is C20H24ClN3O5S. The summed E-state index contributed by atoms with van der Waals surface area (Å²) >= 11 is 5.86. The standard InChI is InChI=1S/C20H24ClN3O5S/c21-15-2-1-3-17(12-15)30(27,28)23-11-8-16-4-5-18(19(13-25)29-16)24-20(26)14-6-9-22-10-7-14/h1-3,6-7,9-10,12,16,18-19,23,25H,4-5,8,11,13H2,(H,24,26)/t16-,18+,19-/m1/s1. The molecule has 0 unspecified atom stereocenters. The molecule has 1 aliphatic rings. The van der Waals surface area contributed by atoms with E-state index in [-0.39, 0.29) is 36.1 Å². The number of hydrogen-bond acceptors (Lipinski definition) is 6. The van der Waals surface area contributed by atoms with Crippen molar-refractivity contribution in [3.8, 4) is 0 Å². The van der Waals surface area contributed by atoms with Gasteiger partial charge in [0.05, 0.1) is 23.6 Å². The fourth-order valence-corrected chi connectivity index (χ4v) is 4.68. The van der Waals surface area contributed by atoms with Crippen LogP contribution >= 0.6 is 11.6 Å². The SMILES string of the molecule is O=C(N[C@H]1CC[C@H](CCNS(=O)(=O)c2cccc(Cl)c2)O[C@@H]1CO)c1ccncc1. The summed E-state index contributed by atoms with van der Waals surface area (Å²) in [6.45, 7) is -0.0578. The minimum Gasteiger partial charge on any atom is -0.394 e. The van der Waals surface area contributed by atoms with Crippen molar-refractivity contribution in [1.29, 1.82) is 0 Å². The number of carbonyl (C=O) groups excluding carboxylic acids is 1. The molecule has 10 heteroatoms. The van der Waals surface area contributed by atoms with Crippen molar-refractivity contribution >= 4 is 27.5 Å². The fraction of sp³-hybridized carbons (Fsp3) is 0.400. The van der Waals surface area contributed by atoms with Crippen LogP contribution in [0.2, 0.25) is 5.02 Å². The molecule has 1 aromatic carbocycles. The van der Waals surface area contributed by atoms with Gasteiger partial charge in [-0.1, -0.05) is 17.7 Å². The average Bonchev–Trinajstić information content (AvgIpc) is 2.75. The number of aliphatic hydroxyl groups is 1. The number of aliphatic hydroxyl groups excluding tert-OH is 1. The number of ether oxygens (including phenoxy) is 1. The number of benzene rings is 1. The van der Waals surface area contributed by atoms with E-state index in [1.54, 1.807) is 24.3 Å². The normalized spacial score (nSPS) is 21.9. The van der Waals surface area contributed by atoms with Gasteiger partial charge in [-0.15, -0.1) is 0 Å². The Labute approximate surface area is 180 Å². The van der Waals surface area contributed by atoms with Crippen molar-refractivity contribution < 1.29 is 23.1 Å². The number of amides is 1. The zero-order valence-electron chi connectivity index (χ0n) is 16.2. The van der Waals surface area contributed by atoms with Gasteiger partial charge in [0.2, 0.25) is 10.0 Å². The van der Waals surface area contributed by atoms with E-state index in [2.05, 4.69) is 15.0 Å². The monoisotopic (exact) mass is 453 g/mol. The molecule has 3 rings (SSSR count). The third-order valence-corrected chi connectivity index (χ3v) is 6.61. The Morgan fingerprint density at radius 2 is 2.00 bits per heavy atom. The lowest BCUT2D eigenvalue weighted by Gasteiger charge is -2.36. The minimum absolute atomic E-state index is 0.103. The molecule has 1 fully saturated rings. The fourth-order valence-electron chi connectivity index (χ4n) is 3.34. The molecule has 30 heavy (non-hydrogen) atoms. The molecule has 3 atom stereocenters. The molecule has 0 bridgehead atoms. The van der Waals surface area contributed by atoms with E-state index >= 15 is 0 Å². The number of aromatic nitrogens is 1. The van der Waals surface area contributed by atoms with Crippen molar-refractivity contribution in [2.45, 2.75) is 42.4 Å². The second-order valence-corrected chi connectivity index (χ2v) is 9.22. The smallest absolute Gasteiger partial charge is 0.251 e. The van der Waals surface area contributed by atoms with Crippen molar-refractivity contribution in [2.75, 3.05) is 13.2 Å². The van der Waals surface area contributed by atoms with Gasteiger partial charge in [-0.2, -0.15) is 0 Å². The first-order valence-corrected chi connectivity index (χ1v) is 11.5. The summed E-state index contributed by atoms with van der Waals surface area (Å²) in [6.07, 6.45) is 4.00. The summed E-state index contributed by atoms with van der Waals surface area (Å²) in [7, 11) is -3.66. The van der Waals surface area contributed by atoms with Gasteiger partial charge in [-0.25, -0.2) is 13.1 Å². The first-order valence-electron chi connectivity index (χ1n) is 9.61. The molecule has 2 heterocycles. The summed E-state index contributed by atoms with van der Waals surface area (Å²) in [5, 5.41) is 12.9. The van der Waals surface area contributed by atoms with Gasteiger partial charge in [0.1, 0.15) is 6.10 Å². The van der Waals surface area contributed by atoms with E-state index in [1.165, 1.54) is 24.5 Å². The number of pyridine rings is 1. The molecule has 1 saturated heterocycles. The van der Waals surface area contributed by atoms with E-state index in [1.807, 2.05) is 0 Å². The van der Waals surface area contributed by atoms with Crippen molar-refractivity contribution in [3.05, 3.63) is 59.4 Å². The van der Waals surface area contributed by atoms with Crippen molar-refractivity contribution in [1.82, 2.24) is 15.0 Å². The molecule has 1 aliphatic heterocycles. The van der Waals surface area contributed by atoms with E-state index < -0.39 is 16.1 Å². The molecule has 1 amide bonds. The van der Waals surface area contributed by atoms with Gasteiger partial charge in [0.25, 0.3) is 5.91 Å². The summed E-state index contributed by atoms with van der Waals surface area (Å²) in [6, 6.07) is 8.95. The number of sulfonamides is 1. The van der Waals surface area contributed by atoms with Gasteiger partial charge in [-0.05, 0) is 49.6 Å². The van der Waals surface area contributed by atoms with Gasteiger partial charge in [0.15, 0.2) is 0 Å². The molecule has 1 aromatic heterocycles. The van der Waals surface area contributed by atoms with Crippen LogP contribution in [0.15, 0.2) is 53.7 Å². The molecule has 2 aromatic rings. The van der Waals surface area contributed by atoms with E-state index in [0.29, 0.717) is 29.8 Å². The van der Waals surface area contributed by atoms with Gasteiger partial charge < -0.3 is 15.2 Å². The molecule has 8 nitrogen and oxygen atoms in total. The summed E-state index contributed by atoms with van der Waals surface area (Å²) in [5.74, 6) is -0.253. The Hall–Kier alpha value is -2.04. The molecule has 0 saturated carbocycles. The topological polar surface area (TPSA) is 118 Å². The molecule has 162 valence electrons. The minimum atomic E-state index is -3.66. The Bertz CT molecular complexity index is 958. The summed E-state index contributed by atoms with van der Waals surface area (Å²) in [4.78, 5) is 16.3. The van der Waals surface area contributed by atoms with Crippen LogP contribution in [-0.4, -0.2) is 55.8 Å². The highest BCUT2D eigenvalue weighted by atomic mass is 35.5. The summed E-state index contributed by atoms with van der Waals surface area (Å²) < 4.78 is 33.1. The lowest BCUT2D eigenvalue weighted by Crippen LogP contribution is -2.51. The summed E-state index contributed by atoms with van der Waals surface area (Å²) in [5.41, 5.74) is 0.485. The highest BCUT2D eigenvalue weighted by Crippen LogP contribution is 2.22. The maximum atomic E-state index is 12.4. The van der Waals surface area contributed by atoms with E-state index in [4.69, 9.17) is 16.3 Å². The van der Waals surface area contributed by atoms with Crippen LogP contribution in [0.1, 0.15) is 29.6 Å². The third kappa shape index (κ3) is 5.99. The quantitative estimate of drug-likeness (QED) is 0.560. The molecule has 0 spiro atoms. The third-order valence-electron chi connectivity index (χ3n) is 4.92. The van der Waals surface area contributed by atoms with Gasteiger partial charge >= 0.3 is 0 Å². The lowest BCUT2D eigenvalue weighted by atomic mass is 9.97. The van der Waals surface area contributed by atoms with Gasteiger partial charge in [-0.3, -0.25) is 9.78 Å². The Morgan fingerprint density at radius 3 is 2.70 bits per heavy atom. The number of halogens is 1. The van der Waals surface area contributed by atoms with Crippen LogP contribution in [0.5, 0.6) is 0 Å². The van der Waals surface area contributed by atoms with Gasteiger partial charge in [0, 0.05) is 29.5 Å². The first kappa shape index (κ1) is 22.6. The molecule has 0 aliphatic carbocycles. The van der Waals surface area contributed by atoms with Crippen LogP contribution in [0.4, 0.5) is 0 Å². The zero-order chi connectivity index (χ0) is 21.6. The van der Waals surface area contributed by atoms with Crippen LogP contribution in [-0.2, 0) is 14.8 Å². The highest BCUT2D eigenvalue weighted by molar-refractivity contribution is 7.89. The maximum Gasteiger partial charge on any atom is 0.251 e. The Kier molecular flexibility index (Phi) is 7.79. The van der Waals surface area contributed by atoms with Crippen molar-refractivity contribution in [2.24, 2.45) is 0 Å². The highest BCUT2D eigenvalue weighted by Gasteiger charge is 2.32. The molecule has 3 N–H and O–H groups in total. The van der Waals surface area contributed by atoms with Crippen LogP contribution in [0.3, 0.4) is 0 Å². The Morgan fingerprint density at radius 1 is 1.23 bits per heavy atom. The van der Waals surface area contributed by atoms with Crippen LogP contribution in [0, 0.1) is 0 Å². The van der Waals surface area contributed by atoms with Crippen LogP contribution < -0.4 is 10.0 Å². The van der Waals surface area contributed by atoms with E-state index in [0.717, 1.165) is 0 Å². The second-order valence-electron chi connectivity index (χ2n) is 7.02. The largest absolute Gasteiger partial charge is 0.394 e. The second kappa shape index (κ2) is 10.3. The number of hydrogen-bond donors (Lipinski definition) is 3. The maximum absolute atomic E-state index is 12.4.